The number of aromatic amines is 1. The third-order valence-electron chi connectivity index (χ3n) is 7.72. The fourth-order valence-corrected chi connectivity index (χ4v) is 5.86. The van der Waals surface area contributed by atoms with Crippen molar-refractivity contribution in [2.45, 2.75) is 50.9 Å². The van der Waals surface area contributed by atoms with Gasteiger partial charge in [0.2, 0.25) is 0 Å². The van der Waals surface area contributed by atoms with E-state index in [1.54, 1.807) is 12.0 Å². The van der Waals surface area contributed by atoms with Crippen molar-refractivity contribution in [2.75, 3.05) is 20.2 Å². The lowest BCUT2D eigenvalue weighted by atomic mass is 9.93. The van der Waals surface area contributed by atoms with Crippen LogP contribution >= 0.6 is 0 Å². The zero-order valence-electron chi connectivity index (χ0n) is 22.3. The predicted octanol–water partition coefficient (Wildman–Crippen LogP) is 5.50. The molecule has 2 N–H and O–H groups in total. The van der Waals surface area contributed by atoms with E-state index in [0.29, 0.717) is 19.4 Å². The van der Waals surface area contributed by atoms with Crippen LogP contribution in [0.3, 0.4) is 0 Å². The molecule has 0 spiro atoms. The quantitative estimate of drug-likeness (QED) is 0.284. The number of carboxylic acid groups (broad SMARTS) is 1. The van der Waals surface area contributed by atoms with Crippen molar-refractivity contribution in [1.29, 1.82) is 0 Å². The minimum Gasteiger partial charge on any atom is -0.497 e. The van der Waals surface area contributed by atoms with Crippen molar-refractivity contribution in [3.05, 3.63) is 100 Å². The van der Waals surface area contributed by atoms with Gasteiger partial charge in [0.25, 0.3) is 0 Å². The summed E-state index contributed by atoms with van der Waals surface area (Å²) >= 11 is 0. The highest BCUT2D eigenvalue weighted by Crippen LogP contribution is 2.31. The van der Waals surface area contributed by atoms with Crippen LogP contribution in [0.1, 0.15) is 42.9 Å². The van der Waals surface area contributed by atoms with E-state index in [1.165, 1.54) is 11.1 Å². The summed E-state index contributed by atoms with van der Waals surface area (Å²) in [6.45, 7) is 2.83. The number of amides is 1. The van der Waals surface area contributed by atoms with Crippen LogP contribution in [-0.2, 0) is 13.1 Å². The fourth-order valence-electron chi connectivity index (χ4n) is 5.86. The zero-order chi connectivity index (χ0) is 27.2. The van der Waals surface area contributed by atoms with Gasteiger partial charge in [0.15, 0.2) is 0 Å². The first-order valence-electron chi connectivity index (χ1n) is 13.6. The lowest BCUT2D eigenvalue weighted by molar-refractivity contribution is 0.0853. The number of hydrogen-bond acceptors (Lipinski definition) is 4. The number of piperidine rings is 1. The summed E-state index contributed by atoms with van der Waals surface area (Å²) in [4.78, 5) is 31.8. The largest absolute Gasteiger partial charge is 0.497 e. The summed E-state index contributed by atoms with van der Waals surface area (Å²) in [5, 5.41) is 9.93. The molecule has 2 atom stereocenters. The Morgan fingerprint density at radius 1 is 1.03 bits per heavy atom. The summed E-state index contributed by atoms with van der Waals surface area (Å²) < 4.78 is 7.24. The number of fused-ring (bicyclic) bond motifs is 1. The van der Waals surface area contributed by atoms with Crippen LogP contribution < -0.4 is 10.4 Å². The summed E-state index contributed by atoms with van der Waals surface area (Å²) in [5.74, 6) is 0.838. The Hall–Kier alpha value is -4.04. The highest BCUT2D eigenvalue weighted by molar-refractivity contribution is 5.75. The Kier molecular flexibility index (Phi) is 8.32. The van der Waals surface area contributed by atoms with Gasteiger partial charge in [0.05, 0.1) is 18.1 Å². The molecule has 0 bridgehead atoms. The van der Waals surface area contributed by atoms with Gasteiger partial charge in [-0.2, -0.15) is 0 Å². The van der Waals surface area contributed by atoms with E-state index in [-0.39, 0.29) is 17.8 Å². The van der Waals surface area contributed by atoms with Gasteiger partial charge in [-0.1, -0.05) is 54.6 Å². The van der Waals surface area contributed by atoms with Gasteiger partial charge in [-0.3, -0.25) is 9.47 Å². The third-order valence-corrected chi connectivity index (χ3v) is 7.72. The molecule has 39 heavy (non-hydrogen) atoms. The Morgan fingerprint density at radius 2 is 1.77 bits per heavy atom. The minimum atomic E-state index is -0.887. The lowest BCUT2D eigenvalue weighted by Gasteiger charge is -2.38. The molecule has 1 fully saturated rings. The van der Waals surface area contributed by atoms with Crippen LogP contribution in [0.4, 0.5) is 4.79 Å². The number of nitrogens with zero attached hydrogens (tertiary/aromatic N) is 3. The molecule has 0 radical (unpaired) electrons. The van der Waals surface area contributed by atoms with Gasteiger partial charge in [-0.05, 0) is 67.6 Å². The number of para-hydroxylation sites is 2. The number of methoxy groups -OCH3 is 1. The first kappa shape index (κ1) is 26.6. The Balaban J connectivity index is 1.29. The second kappa shape index (κ2) is 12.2. The Morgan fingerprint density at radius 3 is 2.56 bits per heavy atom. The fraction of sp³-hybridized carbons (Fsp3) is 0.355. The van der Waals surface area contributed by atoms with Gasteiger partial charge in [0.1, 0.15) is 5.75 Å². The summed E-state index contributed by atoms with van der Waals surface area (Å²) in [6, 6.07) is 26.0. The summed E-state index contributed by atoms with van der Waals surface area (Å²) in [7, 11) is 1.68. The molecule has 2 heterocycles. The number of ether oxygens (including phenoxy) is 1. The second-order valence-corrected chi connectivity index (χ2v) is 10.3. The van der Waals surface area contributed by atoms with Crippen molar-refractivity contribution < 1.29 is 14.6 Å². The highest BCUT2D eigenvalue weighted by Gasteiger charge is 2.33. The van der Waals surface area contributed by atoms with Crippen molar-refractivity contribution >= 4 is 17.1 Å². The second-order valence-electron chi connectivity index (χ2n) is 10.3. The van der Waals surface area contributed by atoms with E-state index in [4.69, 9.17) is 4.74 Å². The standard InChI is InChI=1S/C31H36N4O4/c1-39-27-13-7-11-24(19-27)22-33(21-23-9-3-2-4-10-23)17-8-12-25-20-26(16-18-34(25)31(37)38)35-29-15-6-5-14-28(29)32-30(35)36/h2-7,9-11,13-15,19,25-26H,8,12,16-18,20-22H2,1H3,(H,32,36)(H,37,38). The molecule has 0 saturated carbocycles. The summed E-state index contributed by atoms with van der Waals surface area (Å²) in [5.41, 5.74) is 3.98. The van der Waals surface area contributed by atoms with Crippen LogP contribution in [-0.4, -0.2) is 56.8 Å². The number of benzene rings is 3. The van der Waals surface area contributed by atoms with Crippen LogP contribution in [0.2, 0.25) is 0 Å². The molecule has 1 aliphatic heterocycles. The molecule has 2 unspecified atom stereocenters. The average molecular weight is 529 g/mol. The van der Waals surface area contributed by atoms with Crippen molar-refractivity contribution in [2.24, 2.45) is 0 Å². The third kappa shape index (κ3) is 6.34. The topological polar surface area (TPSA) is 90.8 Å². The van der Waals surface area contributed by atoms with E-state index in [0.717, 1.165) is 49.3 Å². The van der Waals surface area contributed by atoms with Gasteiger partial charge in [-0.25, -0.2) is 9.59 Å². The van der Waals surface area contributed by atoms with Gasteiger partial charge in [-0.15, -0.1) is 0 Å². The smallest absolute Gasteiger partial charge is 0.407 e. The molecular weight excluding hydrogens is 492 g/mol. The number of likely N-dealkylation sites (tertiary alicyclic amines) is 1. The monoisotopic (exact) mass is 528 g/mol. The molecular formula is C31H36N4O4. The number of imidazole rings is 1. The van der Waals surface area contributed by atoms with E-state index in [2.05, 4.69) is 46.3 Å². The van der Waals surface area contributed by atoms with Crippen LogP contribution in [0.15, 0.2) is 83.7 Å². The number of carbonyl (C=O) groups is 1. The van der Waals surface area contributed by atoms with Gasteiger partial charge < -0.3 is 19.7 Å². The van der Waals surface area contributed by atoms with E-state index in [1.807, 2.05) is 47.0 Å². The lowest BCUT2D eigenvalue weighted by Crippen LogP contribution is -2.47. The first-order chi connectivity index (χ1) is 19.0. The number of rotatable bonds is 10. The maximum Gasteiger partial charge on any atom is 0.407 e. The molecule has 0 aliphatic carbocycles. The van der Waals surface area contributed by atoms with E-state index < -0.39 is 6.09 Å². The van der Waals surface area contributed by atoms with Crippen LogP contribution in [0, 0.1) is 0 Å². The number of H-pyrrole nitrogens is 1. The zero-order valence-corrected chi connectivity index (χ0v) is 22.3. The van der Waals surface area contributed by atoms with Gasteiger partial charge in [0, 0.05) is 31.7 Å². The molecule has 1 saturated heterocycles. The first-order valence-corrected chi connectivity index (χ1v) is 13.6. The minimum absolute atomic E-state index is 0.0357. The molecule has 204 valence electrons. The van der Waals surface area contributed by atoms with Crippen molar-refractivity contribution in [3.63, 3.8) is 0 Å². The van der Waals surface area contributed by atoms with Crippen molar-refractivity contribution in [3.8, 4) is 5.75 Å². The summed E-state index contributed by atoms with van der Waals surface area (Å²) in [6.07, 6.45) is 1.95. The van der Waals surface area contributed by atoms with Gasteiger partial charge >= 0.3 is 11.8 Å². The van der Waals surface area contributed by atoms with E-state index in [9.17, 15) is 14.7 Å². The highest BCUT2D eigenvalue weighted by atomic mass is 16.5. The van der Waals surface area contributed by atoms with E-state index >= 15 is 0 Å². The molecule has 1 amide bonds. The number of aromatic nitrogens is 2. The van der Waals surface area contributed by atoms with Crippen molar-refractivity contribution in [1.82, 2.24) is 19.4 Å². The normalized spacial score (nSPS) is 17.5. The molecule has 1 aliphatic rings. The number of hydrogen-bond donors (Lipinski definition) is 2. The molecule has 5 rings (SSSR count). The molecule has 3 aromatic carbocycles. The van der Waals surface area contributed by atoms with Crippen LogP contribution in [0.5, 0.6) is 5.75 Å². The maximum atomic E-state index is 12.8. The molecule has 1 aromatic heterocycles. The Labute approximate surface area is 228 Å². The molecule has 8 nitrogen and oxygen atoms in total. The predicted molar refractivity (Wildman–Crippen MR) is 152 cm³/mol. The Bertz CT molecular complexity index is 1450. The average Bonchev–Trinajstić information content (AvgIpc) is 3.29. The van der Waals surface area contributed by atoms with Crippen LogP contribution in [0.25, 0.3) is 11.0 Å². The molecule has 4 aromatic rings. The maximum absolute atomic E-state index is 12.8. The number of nitrogens with one attached hydrogen (secondary N) is 1. The molecule has 8 heteroatoms. The SMILES string of the molecule is COc1cccc(CN(CCCC2CC(n3c(=O)[nH]c4ccccc43)CCN2C(=O)O)Cc2ccccc2)c1.